The van der Waals surface area contributed by atoms with Gasteiger partial charge >= 0.3 is 0 Å². The van der Waals surface area contributed by atoms with Gasteiger partial charge in [0.2, 0.25) is 0 Å². The number of carbonyl (C=O) groups excluding carboxylic acids is 1. The Morgan fingerprint density at radius 2 is 1.62 bits per heavy atom. The maximum atomic E-state index is 13.2. The molecule has 4 aromatic rings. The lowest BCUT2D eigenvalue weighted by Gasteiger charge is -2.13. The number of nitrogens with one attached hydrogen (secondary N) is 1. The third kappa shape index (κ3) is 4.43. The van der Waals surface area contributed by atoms with E-state index in [2.05, 4.69) is 24.3 Å². The van der Waals surface area contributed by atoms with Crippen molar-refractivity contribution in [3.8, 4) is 0 Å². The molecular weight excluding hydrogens is 422 g/mol. The van der Waals surface area contributed by atoms with Crippen molar-refractivity contribution in [3.05, 3.63) is 89.6 Å². The molecule has 0 radical (unpaired) electrons. The standard InChI is InChI=1S/C25H25N3O3S/c1-17(2)20-8-4-6-10-22(20)26-25(29)24-21-9-5-7-11-23(21)28(27-24)16-18-12-14-19(15-13-18)32(3,30)31/h4-15,17H,16H2,1-3H3,(H,26,29). The van der Waals surface area contributed by atoms with Crippen LogP contribution in [0.1, 0.15) is 41.4 Å². The summed E-state index contributed by atoms with van der Waals surface area (Å²) < 4.78 is 25.2. The van der Waals surface area contributed by atoms with Crippen molar-refractivity contribution in [2.24, 2.45) is 0 Å². The van der Waals surface area contributed by atoms with E-state index in [1.165, 1.54) is 6.26 Å². The second kappa shape index (κ2) is 8.59. The SMILES string of the molecule is CC(C)c1ccccc1NC(=O)c1nn(Cc2ccc(S(C)(=O)=O)cc2)c2ccccc12. The van der Waals surface area contributed by atoms with Gasteiger partial charge in [0, 0.05) is 17.3 Å². The topological polar surface area (TPSA) is 81.1 Å². The summed E-state index contributed by atoms with van der Waals surface area (Å²) >= 11 is 0. The number of fused-ring (bicyclic) bond motifs is 1. The Morgan fingerprint density at radius 1 is 0.969 bits per heavy atom. The van der Waals surface area contributed by atoms with Crippen LogP contribution in [-0.4, -0.2) is 30.4 Å². The summed E-state index contributed by atoms with van der Waals surface area (Å²) in [5.41, 5.74) is 3.93. The molecule has 3 aromatic carbocycles. The fourth-order valence-corrected chi connectivity index (χ4v) is 4.36. The molecule has 1 aromatic heterocycles. The van der Waals surface area contributed by atoms with E-state index in [0.717, 1.165) is 27.7 Å². The minimum atomic E-state index is -3.25. The van der Waals surface area contributed by atoms with E-state index in [1.807, 2.05) is 48.5 Å². The molecule has 32 heavy (non-hydrogen) atoms. The molecule has 0 aliphatic carbocycles. The number of anilines is 1. The fourth-order valence-electron chi connectivity index (χ4n) is 3.73. The molecule has 0 aliphatic rings. The number of rotatable bonds is 6. The summed E-state index contributed by atoms with van der Waals surface area (Å²) in [4.78, 5) is 13.4. The first-order valence-corrected chi connectivity index (χ1v) is 12.3. The highest BCUT2D eigenvalue weighted by molar-refractivity contribution is 7.90. The van der Waals surface area contributed by atoms with Gasteiger partial charge < -0.3 is 5.32 Å². The summed E-state index contributed by atoms with van der Waals surface area (Å²) in [5, 5.41) is 8.40. The van der Waals surface area contributed by atoms with E-state index in [4.69, 9.17) is 0 Å². The monoisotopic (exact) mass is 447 g/mol. The lowest BCUT2D eigenvalue weighted by atomic mass is 10.0. The summed E-state index contributed by atoms with van der Waals surface area (Å²) in [7, 11) is -3.25. The van der Waals surface area contributed by atoms with Gasteiger partial charge in [0.05, 0.1) is 17.0 Å². The van der Waals surface area contributed by atoms with Gasteiger partial charge in [-0.05, 0) is 41.3 Å². The van der Waals surface area contributed by atoms with Crippen LogP contribution in [0.2, 0.25) is 0 Å². The number of amides is 1. The minimum absolute atomic E-state index is 0.263. The normalized spacial score (nSPS) is 11.8. The van der Waals surface area contributed by atoms with Crippen LogP contribution in [0.25, 0.3) is 10.9 Å². The Bertz CT molecular complexity index is 1390. The third-order valence-electron chi connectivity index (χ3n) is 5.39. The number of nitrogens with zero attached hydrogens (tertiary/aromatic N) is 2. The van der Waals surface area contributed by atoms with E-state index in [-0.39, 0.29) is 16.7 Å². The van der Waals surface area contributed by atoms with Gasteiger partial charge in [-0.15, -0.1) is 0 Å². The van der Waals surface area contributed by atoms with Crippen molar-refractivity contribution in [1.29, 1.82) is 0 Å². The first-order chi connectivity index (χ1) is 15.2. The van der Waals surface area contributed by atoms with Crippen LogP contribution >= 0.6 is 0 Å². The lowest BCUT2D eigenvalue weighted by Crippen LogP contribution is -2.15. The number of carbonyl (C=O) groups is 1. The average molecular weight is 448 g/mol. The molecule has 1 amide bonds. The van der Waals surface area contributed by atoms with Crippen molar-refractivity contribution in [2.45, 2.75) is 31.2 Å². The van der Waals surface area contributed by atoms with Crippen molar-refractivity contribution in [2.75, 3.05) is 11.6 Å². The Balaban J connectivity index is 1.67. The van der Waals surface area contributed by atoms with E-state index in [9.17, 15) is 13.2 Å². The maximum Gasteiger partial charge on any atom is 0.276 e. The van der Waals surface area contributed by atoms with Crippen molar-refractivity contribution >= 4 is 32.3 Å². The van der Waals surface area contributed by atoms with Gasteiger partial charge in [0.15, 0.2) is 15.5 Å². The molecule has 1 N–H and O–H groups in total. The zero-order valence-electron chi connectivity index (χ0n) is 18.2. The molecule has 0 saturated carbocycles. The maximum absolute atomic E-state index is 13.2. The molecule has 6 nitrogen and oxygen atoms in total. The van der Waals surface area contributed by atoms with Crippen LogP contribution in [0.15, 0.2) is 77.7 Å². The molecule has 7 heteroatoms. The number of aromatic nitrogens is 2. The van der Waals surface area contributed by atoms with Gasteiger partial charge in [-0.2, -0.15) is 5.10 Å². The van der Waals surface area contributed by atoms with Gasteiger partial charge in [0.25, 0.3) is 5.91 Å². The molecule has 164 valence electrons. The van der Waals surface area contributed by atoms with Crippen molar-refractivity contribution in [3.63, 3.8) is 0 Å². The molecule has 0 fully saturated rings. The Kier molecular flexibility index (Phi) is 5.84. The Labute approximate surface area is 187 Å². The predicted octanol–water partition coefficient (Wildman–Crippen LogP) is 4.86. The predicted molar refractivity (Wildman–Crippen MR) is 127 cm³/mol. The summed E-state index contributed by atoms with van der Waals surface area (Å²) in [5.74, 6) is 0.0104. The van der Waals surface area contributed by atoms with Crippen LogP contribution in [-0.2, 0) is 16.4 Å². The van der Waals surface area contributed by atoms with Crippen LogP contribution in [0.4, 0.5) is 5.69 Å². The van der Waals surface area contributed by atoms with Crippen molar-refractivity contribution in [1.82, 2.24) is 9.78 Å². The van der Waals surface area contributed by atoms with Crippen LogP contribution in [0.3, 0.4) is 0 Å². The van der Waals surface area contributed by atoms with E-state index in [0.29, 0.717) is 12.2 Å². The fraction of sp³-hybridized carbons (Fsp3) is 0.200. The molecule has 0 aliphatic heterocycles. The molecule has 0 atom stereocenters. The first kappa shape index (κ1) is 21.8. The highest BCUT2D eigenvalue weighted by Crippen LogP contribution is 2.26. The molecule has 0 spiro atoms. The third-order valence-corrected chi connectivity index (χ3v) is 6.52. The second-order valence-electron chi connectivity index (χ2n) is 8.14. The molecule has 4 rings (SSSR count). The van der Waals surface area contributed by atoms with Gasteiger partial charge in [-0.3, -0.25) is 9.48 Å². The zero-order chi connectivity index (χ0) is 22.9. The Morgan fingerprint density at radius 3 is 2.31 bits per heavy atom. The number of hydrogen-bond donors (Lipinski definition) is 1. The van der Waals surface area contributed by atoms with E-state index in [1.54, 1.807) is 28.9 Å². The molecular formula is C25H25N3O3S. The molecule has 1 heterocycles. The van der Waals surface area contributed by atoms with Crippen LogP contribution in [0, 0.1) is 0 Å². The lowest BCUT2D eigenvalue weighted by molar-refractivity contribution is 0.102. The number of benzene rings is 3. The van der Waals surface area contributed by atoms with Crippen molar-refractivity contribution < 1.29 is 13.2 Å². The summed E-state index contributed by atoms with van der Waals surface area (Å²) in [6, 6.07) is 22.1. The molecule has 0 unspecified atom stereocenters. The molecule has 0 bridgehead atoms. The molecule has 0 saturated heterocycles. The van der Waals surface area contributed by atoms with Crippen LogP contribution in [0.5, 0.6) is 0 Å². The van der Waals surface area contributed by atoms with Gasteiger partial charge in [-0.25, -0.2) is 8.42 Å². The Hall–Kier alpha value is -3.45. The van der Waals surface area contributed by atoms with Gasteiger partial charge in [-0.1, -0.05) is 62.4 Å². The second-order valence-corrected chi connectivity index (χ2v) is 10.2. The minimum Gasteiger partial charge on any atom is -0.320 e. The quantitative estimate of drug-likeness (QED) is 0.457. The van der Waals surface area contributed by atoms with E-state index >= 15 is 0 Å². The number of sulfone groups is 1. The highest BCUT2D eigenvalue weighted by Gasteiger charge is 2.19. The largest absolute Gasteiger partial charge is 0.320 e. The smallest absolute Gasteiger partial charge is 0.276 e. The highest BCUT2D eigenvalue weighted by atomic mass is 32.2. The zero-order valence-corrected chi connectivity index (χ0v) is 19.1. The van der Waals surface area contributed by atoms with Gasteiger partial charge in [0.1, 0.15) is 0 Å². The van der Waals surface area contributed by atoms with E-state index < -0.39 is 9.84 Å². The number of para-hydroxylation sites is 2. The summed E-state index contributed by atoms with van der Waals surface area (Å²) in [6.45, 7) is 4.59. The average Bonchev–Trinajstić information content (AvgIpc) is 3.12. The van der Waals surface area contributed by atoms with Crippen LogP contribution < -0.4 is 5.32 Å². The number of hydrogen-bond acceptors (Lipinski definition) is 4. The summed E-state index contributed by atoms with van der Waals surface area (Å²) in [6.07, 6.45) is 1.19. The first-order valence-electron chi connectivity index (χ1n) is 10.4.